The maximum atomic E-state index is 10.6. The molecular formula is C16H14N4O4S. The molecule has 3 aromatic rings. The van der Waals surface area contributed by atoms with Crippen molar-refractivity contribution in [2.24, 2.45) is 10.1 Å². The molecule has 0 radical (unpaired) electrons. The van der Waals surface area contributed by atoms with E-state index in [0.29, 0.717) is 10.6 Å². The van der Waals surface area contributed by atoms with Crippen molar-refractivity contribution in [3.05, 3.63) is 68.1 Å². The summed E-state index contributed by atoms with van der Waals surface area (Å²) >= 11 is 1.43. The molecule has 0 saturated carbocycles. The van der Waals surface area contributed by atoms with Gasteiger partial charge < -0.3 is 9.15 Å². The molecule has 25 heavy (non-hydrogen) atoms. The molecule has 9 heteroatoms. The smallest absolute Gasteiger partial charge is 0.433 e. The first-order chi connectivity index (χ1) is 12.1. The summed E-state index contributed by atoms with van der Waals surface area (Å²) in [7, 11) is 1.60. The van der Waals surface area contributed by atoms with Gasteiger partial charge in [-0.2, -0.15) is 5.10 Å². The molecule has 128 valence electrons. The zero-order valence-corrected chi connectivity index (χ0v) is 14.3. The fraction of sp³-hybridized carbons (Fsp3) is 0.125. The number of furan rings is 1. The number of hydrogen-bond acceptors (Lipinski definition) is 7. The predicted molar refractivity (Wildman–Crippen MR) is 93.6 cm³/mol. The zero-order valence-electron chi connectivity index (χ0n) is 13.4. The van der Waals surface area contributed by atoms with E-state index in [1.807, 2.05) is 36.6 Å². The molecular weight excluding hydrogens is 344 g/mol. The highest BCUT2D eigenvalue weighted by molar-refractivity contribution is 7.07. The number of hydrogen-bond donors (Lipinski definition) is 0. The Hall–Kier alpha value is -3.20. The number of ether oxygens (including phenoxy) is 1. The highest BCUT2D eigenvalue weighted by Gasteiger charge is 2.10. The van der Waals surface area contributed by atoms with Gasteiger partial charge in [0.25, 0.3) is 0 Å². The van der Waals surface area contributed by atoms with Crippen LogP contribution >= 0.6 is 11.3 Å². The van der Waals surface area contributed by atoms with E-state index >= 15 is 0 Å². The van der Waals surface area contributed by atoms with Crippen LogP contribution in [0.4, 0.5) is 11.6 Å². The maximum Gasteiger partial charge on any atom is 0.433 e. The fourth-order valence-corrected chi connectivity index (χ4v) is 2.84. The Kier molecular flexibility index (Phi) is 4.75. The second-order valence-electron chi connectivity index (χ2n) is 4.96. The van der Waals surface area contributed by atoms with Gasteiger partial charge in [0.15, 0.2) is 5.76 Å². The Bertz CT molecular complexity index is 999. The van der Waals surface area contributed by atoms with Crippen molar-refractivity contribution in [1.29, 1.82) is 0 Å². The van der Waals surface area contributed by atoms with E-state index in [2.05, 4.69) is 10.1 Å². The highest BCUT2D eigenvalue weighted by atomic mass is 32.1. The average molecular weight is 358 g/mol. The van der Waals surface area contributed by atoms with Gasteiger partial charge in [0.05, 0.1) is 30.8 Å². The van der Waals surface area contributed by atoms with Crippen molar-refractivity contribution in [3.8, 4) is 5.75 Å². The zero-order chi connectivity index (χ0) is 17.8. The van der Waals surface area contributed by atoms with Gasteiger partial charge in [-0.05, 0) is 25.1 Å². The third-order valence-electron chi connectivity index (χ3n) is 3.22. The number of aryl methyl sites for hydroxylation is 1. The molecule has 0 bridgehead atoms. The van der Waals surface area contributed by atoms with E-state index < -0.39 is 4.92 Å². The Morgan fingerprint density at radius 2 is 2.20 bits per heavy atom. The normalized spacial score (nSPS) is 12.0. The molecule has 1 aromatic carbocycles. The molecule has 0 unspecified atom stereocenters. The summed E-state index contributed by atoms with van der Waals surface area (Å²) in [6.45, 7) is 1.89. The van der Waals surface area contributed by atoms with Crippen molar-refractivity contribution in [3.63, 3.8) is 0 Å². The summed E-state index contributed by atoms with van der Waals surface area (Å²) in [5.41, 5.74) is 1.61. The standard InChI is InChI=1S/C16H14N4O4S/c1-11-10-25-16(18-12-4-3-5-13(8-12)23-2)19(11)17-9-14-6-7-15(24-14)20(21)22/h3-10H,1-2H3. The molecule has 3 rings (SSSR count). The van der Waals surface area contributed by atoms with Crippen molar-refractivity contribution in [1.82, 2.24) is 4.68 Å². The molecule has 0 spiro atoms. The minimum Gasteiger partial charge on any atom is -0.497 e. The van der Waals surface area contributed by atoms with E-state index in [1.54, 1.807) is 11.8 Å². The summed E-state index contributed by atoms with van der Waals surface area (Å²) in [6.07, 6.45) is 1.41. The van der Waals surface area contributed by atoms with Gasteiger partial charge in [-0.1, -0.05) is 6.07 Å². The monoisotopic (exact) mass is 358 g/mol. The lowest BCUT2D eigenvalue weighted by Gasteiger charge is -2.00. The predicted octanol–water partition coefficient (Wildman–Crippen LogP) is 3.48. The molecule has 0 atom stereocenters. The quantitative estimate of drug-likeness (QED) is 0.396. The SMILES string of the molecule is COc1cccc(N=c2scc(C)n2N=Cc2ccc([N+](=O)[O-])o2)c1. The van der Waals surface area contributed by atoms with Crippen LogP contribution in [0.5, 0.6) is 5.75 Å². The second kappa shape index (κ2) is 7.14. The topological polar surface area (TPSA) is 95.2 Å². The van der Waals surface area contributed by atoms with Crippen molar-refractivity contribution in [2.45, 2.75) is 6.92 Å². The number of nitro groups is 1. The van der Waals surface area contributed by atoms with Crippen LogP contribution in [-0.4, -0.2) is 22.9 Å². The van der Waals surface area contributed by atoms with Gasteiger partial charge in [0.2, 0.25) is 4.80 Å². The molecule has 0 N–H and O–H groups in total. The van der Waals surface area contributed by atoms with E-state index in [-0.39, 0.29) is 11.6 Å². The Balaban J connectivity index is 1.94. The van der Waals surface area contributed by atoms with Crippen molar-refractivity contribution < 1.29 is 14.1 Å². The third-order valence-corrected chi connectivity index (χ3v) is 4.16. The molecule has 8 nitrogen and oxygen atoms in total. The number of methoxy groups -OCH3 is 1. The van der Waals surface area contributed by atoms with E-state index in [9.17, 15) is 10.1 Å². The van der Waals surface area contributed by atoms with Crippen molar-refractivity contribution >= 4 is 29.1 Å². The Morgan fingerprint density at radius 3 is 2.92 bits per heavy atom. The van der Waals surface area contributed by atoms with Gasteiger partial charge in [-0.3, -0.25) is 10.1 Å². The van der Waals surface area contributed by atoms with Crippen LogP contribution in [0.3, 0.4) is 0 Å². The van der Waals surface area contributed by atoms with Gasteiger partial charge in [-0.15, -0.1) is 11.3 Å². The highest BCUT2D eigenvalue weighted by Crippen LogP contribution is 2.19. The molecule has 0 aliphatic heterocycles. The molecule has 0 saturated heterocycles. The summed E-state index contributed by atoms with van der Waals surface area (Å²) < 4.78 is 11.9. The van der Waals surface area contributed by atoms with E-state index in [4.69, 9.17) is 9.15 Å². The van der Waals surface area contributed by atoms with Crippen molar-refractivity contribution in [2.75, 3.05) is 7.11 Å². The lowest BCUT2D eigenvalue weighted by molar-refractivity contribution is -0.402. The van der Waals surface area contributed by atoms with Crippen LogP contribution in [0, 0.1) is 17.0 Å². The lowest BCUT2D eigenvalue weighted by Crippen LogP contribution is -2.11. The summed E-state index contributed by atoms with van der Waals surface area (Å²) in [5, 5.41) is 16.9. The van der Waals surface area contributed by atoms with Gasteiger partial charge >= 0.3 is 5.88 Å². The minimum atomic E-state index is -0.593. The summed E-state index contributed by atoms with van der Waals surface area (Å²) in [6, 6.07) is 10.2. The van der Waals surface area contributed by atoms with Crippen LogP contribution in [0.25, 0.3) is 0 Å². The van der Waals surface area contributed by atoms with Gasteiger partial charge in [0.1, 0.15) is 10.7 Å². The van der Waals surface area contributed by atoms with Crippen LogP contribution in [0.1, 0.15) is 11.5 Å². The van der Waals surface area contributed by atoms with E-state index in [0.717, 1.165) is 11.4 Å². The number of aromatic nitrogens is 1. The first-order valence-electron chi connectivity index (χ1n) is 7.21. The maximum absolute atomic E-state index is 10.6. The molecule has 2 heterocycles. The molecule has 0 aliphatic carbocycles. The number of thiazole rings is 1. The minimum absolute atomic E-state index is 0.289. The largest absolute Gasteiger partial charge is 0.497 e. The summed E-state index contributed by atoms with van der Waals surface area (Å²) in [5.74, 6) is 0.680. The molecule has 0 amide bonds. The Labute approximate surface area is 146 Å². The van der Waals surface area contributed by atoms with Gasteiger partial charge in [0, 0.05) is 11.4 Å². The molecule has 0 fully saturated rings. The van der Waals surface area contributed by atoms with Crippen LogP contribution in [0.2, 0.25) is 0 Å². The van der Waals surface area contributed by atoms with Crippen LogP contribution < -0.4 is 9.54 Å². The Morgan fingerprint density at radius 1 is 1.36 bits per heavy atom. The fourth-order valence-electron chi connectivity index (χ4n) is 2.02. The molecule has 0 aliphatic rings. The van der Waals surface area contributed by atoms with Crippen LogP contribution in [0.15, 0.2) is 56.3 Å². The lowest BCUT2D eigenvalue weighted by atomic mass is 10.3. The summed E-state index contributed by atoms with van der Waals surface area (Å²) in [4.78, 5) is 15.3. The first-order valence-corrected chi connectivity index (χ1v) is 8.09. The number of benzene rings is 1. The number of nitrogens with zero attached hydrogens (tertiary/aromatic N) is 4. The van der Waals surface area contributed by atoms with Crippen LogP contribution in [-0.2, 0) is 0 Å². The first kappa shape index (κ1) is 16.7. The van der Waals surface area contributed by atoms with Gasteiger partial charge in [-0.25, -0.2) is 9.67 Å². The van der Waals surface area contributed by atoms with E-state index in [1.165, 1.54) is 29.7 Å². The second-order valence-corrected chi connectivity index (χ2v) is 5.80. The third kappa shape index (κ3) is 3.83. The number of rotatable bonds is 5. The average Bonchev–Trinajstić information content (AvgIpc) is 3.21. The molecule has 2 aromatic heterocycles.